The minimum absolute atomic E-state index is 0.119. The molecule has 0 radical (unpaired) electrons. The maximum absolute atomic E-state index is 12.8. The Kier molecular flexibility index (Phi) is 4.79. The second-order valence-electron chi connectivity index (χ2n) is 6.54. The first-order valence-electron chi connectivity index (χ1n) is 8.48. The molecule has 2 aromatic rings. The number of aromatic nitrogens is 3. The topological polar surface area (TPSA) is 51.0 Å². The van der Waals surface area contributed by atoms with Crippen LogP contribution in [-0.4, -0.2) is 38.9 Å². The highest BCUT2D eigenvalue weighted by atomic mass is 16.2. The number of carbonyl (C=O) groups excluding carboxylic acids is 1. The number of amides is 1. The van der Waals surface area contributed by atoms with Gasteiger partial charge in [-0.25, -0.2) is 4.68 Å². The van der Waals surface area contributed by atoms with Crippen LogP contribution in [0.4, 0.5) is 0 Å². The molecule has 0 spiro atoms. The van der Waals surface area contributed by atoms with E-state index >= 15 is 0 Å². The average molecular weight is 324 g/mol. The summed E-state index contributed by atoms with van der Waals surface area (Å²) in [4.78, 5) is 14.8. The third-order valence-corrected chi connectivity index (χ3v) is 4.76. The lowest BCUT2D eigenvalue weighted by atomic mass is 10.00. The molecule has 0 unspecified atom stereocenters. The normalized spacial score (nSPS) is 22.2. The van der Waals surface area contributed by atoms with Crippen molar-refractivity contribution in [3.63, 3.8) is 0 Å². The van der Waals surface area contributed by atoms with Crippen LogP contribution < -0.4 is 0 Å². The van der Waals surface area contributed by atoms with E-state index in [0.29, 0.717) is 12.5 Å². The summed E-state index contributed by atoms with van der Waals surface area (Å²) in [5.74, 6) is 0.424. The van der Waals surface area contributed by atoms with E-state index in [1.165, 1.54) is 0 Å². The molecule has 1 aliphatic rings. The van der Waals surface area contributed by atoms with Crippen molar-refractivity contribution in [2.24, 2.45) is 5.92 Å². The van der Waals surface area contributed by atoms with Crippen LogP contribution in [0.15, 0.2) is 42.6 Å². The van der Waals surface area contributed by atoms with Crippen molar-refractivity contribution in [1.82, 2.24) is 19.9 Å². The molecule has 126 valence electrons. The first-order valence-corrected chi connectivity index (χ1v) is 8.48. The van der Waals surface area contributed by atoms with Gasteiger partial charge < -0.3 is 4.90 Å². The monoisotopic (exact) mass is 324 g/mol. The SMILES string of the molecule is C/C=C/c1cn([C@@H]2CN(C(=O)[C@H](C)c3ccccc3)C[C@@H]2C)nn1. The molecule has 1 aromatic carbocycles. The molecule has 0 saturated carbocycles. The quantitative estimate of drug-likeness (QED) is 0.868. The van der Waals surface area contributed by atoms with Gasteiger partial charge in [-0.05, 0) is 31.4 Å². The van der Waals surface area contributed by atoms with Gasteiger partial charge in [-0.15, -0.1) is 5.10 Å². The zero-order valence-electron chi connectivity index (χ0n) is 14.5. The van der Waals surface area contributed by atoms with Crippen molar-refractivity contribution in [3.8, 4) is 0 Å². The summed E-state index contributed by atoms with van der Waals surface area (Å²) < 4.78 is 1.90. The second-order valence-corrected chi connectivity index (χ2v) is 6.54. The molecule has 1 saturated heterocycles. The fraction of sp³-hybridized carbons (Fsp3) is 0.421. The highest BCUT2D eigenvalue weighted by molar-refractivity contribution is 5.83. The van der Waals surface area contributed by atoms with Gasteiger partial charge in [0.2, 0.25) is 5.91 Å². The van der Waals surface area contributed by atoms with Crippen LogP contribution in [0, 0.1) is 5.92 Å². The van der Waals surface area contributed by atoms with Gasteiger partial charge in [0.15, 0.2) is 0 Å². The molecule has 1 aliphatic heterocycles. The van der Waals surface area contributed by atoms with Crippen molar-refractivity contribution in [1.29, 1.82) is 0 Å². The molecule has 5 heteroatoms. The molecular weight excluding hydrogens is 300 g/mol. The lowest BCUT2D eigenvalue weighted by Crippen LogP contribution is -2.32. The van der Waals surface area contributed by atoms with Crippen LogP contribution in [0.5, 0.6) is 0 Å². The van der Waals surface area contributed by atoms with E-state index in [4.69, 9.17) is 0 Å². The predicted molar refractivity (Wildman–Crippen MR) is 94.4 cm³/mol. The fourth-order valence-corrected chi connectivity index (χ4v) is 3.33. The van der Waals surface area contributed by atoms with Gasteiger partial charge in [-0.2, -0.15) is 0 Å². The van der Waals surface area contributed by atoms with E-state index in [1.807, 2.05) is 72.1 Å². The number of rotatable bonds is 4. The molecule has 24 heavy (non-hydrogen) atoms. The second kappa shape index (κ2) is 6.99. The Labute approximate surface area is 143 Å². The van der Waals surface area contributed by atoms with Crippen LogP contribution >= 0.6 is 0 Å². The van der Waals surface area contributed by atoms with Gasteiger partial charge >= 0.3 is 0 Å². The molecule has 5 nitrogen and oxygen atoms in total. The molecule has 0 bridgehead atoms. The Balaban J connectivity index is 1.71. The zero-order valence-corrected chi connectivity index (χ0v) is 14.5. The summed E-state index contributed by atoms with van der Waals surface area (Å²) in [7, 11) is 0. The van der Waals surface area contributed by atoms with E-state index in [9.17, 15) is 4.79 Å². The molecule has 0 N–H and O–H groups in total. The predicted octanol–water partition coefficient (Wildman–Crippen LogP) is 3.13. The van der Waals surface area contributed by atoms with Crippen LogP contribution in [0.1, 0.15) is 44.0 Å². The summed E-state index contributed by atoms with van der Waals surface area (Å²) in [5.41, 5.74) is 1.92. The van der Waals surface area contributed by atoms with E-state index < -0.39 is 0 Å². The van der Waals surface area contributed by atoms with Crippen LogP contribution in [0.25, 0.3) is 6.08 Å². The number of hydrogen-bond acceptors (Lipinski definition) is 3. The smallest absolute Gasteiger partial charge is 0.229 e. The Bertz CT molecular complexity index is 722. The largest absolute Gasteiger partial charge is 0.340 e. The maximum Gasteiger partial charge on any atom is 0.229 e. The van der Waals surface area contributed by atoms with Crippen molar-refractivity contribution < 1.29 is 4.79 Å². The minimum Gasteiger partial charge on any atom is -0.340 e. The van der Waals surface area contributed by atoms with Crippen LogP contribution in [0.2, 0.25) is 0 Å². The Morgan fingerprint density at radius 2 is 2.04 bits per heavy atom. The van der Waals surface area contributed by atoms with E-state index in [1.54, 1.807) is 0 Å². The molecule has 1 amide bonds. The molecule has 1 fully saturated rings. The van der Waals surface area contributed by atoms with Gasteiger partial charge in [0.1, 0.15) is 5.69 Å². The highest BCUT2D eigenvalue weighted by Crippen LogP contribution is 2.30. The number of carbonyl (C=O) groups is 1. The summed E-state index contributed by atoms with van der Waals surface area (Å²) in [6.07, 6.45) is 5.84. The third kappa shape index (κ3) is 3.25. The van der Waals surface area contributed by atoms with E-state index in [2.05, 4.69) is 17.2 Å². The summed E-state index contributed by atoms with van der Waals surface area (Å²) >= 11 is 0. The molecule has 3 atom stereocenters. The van der Waals surface area contributed by atoms with Crippen molar-refractivity contribution in [2.75, 3.05) is 13.1 Å². The highest BCUT2D eigenvalue weighted by Gasteiger charge is 2.36. The number of allylic oxidation sites excluding steroid dienone is 1. The van der Waals surface area contributed by atoms with Crippen molar-refractivity contribution in [2.45, 2.75) is 32.7 Å². The van der Waals surface area contributed by atoms with Crippen LogP contribution in [0.3, 0.4) is 0 Å². The summed E-state index contributed by atoms with van der Waals surface area (Å²) in [6, 6.07) is 10.1. The minimum atomic E-state index is -0.119. The van der Waals surface area contributed by atoms with Crippen molar-refractivity contribution >= 4 is 12.0 Å². The van der Waals surface area contributed by atoms with Gasteiger partial charge in [-0.1, -0.05) is 48.5 Å². The Hall–Kier alpha value is -2.43. The first-order chi connectivity index (χ1) is 11.6. The Morgan fingerprint density at radius 1 is 1.29 bits per heavy atom. The Morgan fingerprint density at radius 3 is 2.75 bits per heavy atom. The molecule has 0 aliphatic carbocycles. The van der Waals surface area contributed by atoms with Crippen LogP contribution in [-0.2, 0) is 4.79 Å². The lowest BCUT2D eigenvalue weighted by Gasteiger charge is -2.21. The lowest BCUT2D eigenvalue weighted by molar-refractivity contribution is -0.131. The van der Waals surface area contributed by atoms with Gasteiger partial charge in [0, 0.05) is 13.1 Å². The molecule has 2 heterocycles. The molecule has 1 aromatic heterocycles. The summed E-state index contributed by atoms with van der Waals surface area (Å²) in [5, 5.41) is 8.40. The zero-order chi connectivity index (χ0) is 17.1. The third-order valence-electron chi connectivity index (χ3n) is 4.76. The molecular formula is C19H24N4O. The standard InChI is InChI=1S/C19H24N4O/c1-4-8-17-12-23(21-20-17)18-13-22(11-14(18)2)19(24)15(3)16-9-6-5-7-10-16/h4-10,12,14-15,18H,11,13H2,1-3H3/b8-4+/t14-,15+,18+/m0/s1. The number of likely N-dealkylation sites (tertiary alicyclic amines) is 1. The number of nitrogens with zero attached hydrogens (tertiary/aromatic N) is 4. The molecule has 3 rings (SSSR count). The maximum atomic E-state index is 12.8. The van der Waals surface area contributed by atoms with E-state index in [0.717, 1.165) is 17.8 Å². The van der Waals surface area contributed by atoms with E-state index in [-0.39, 0.29) is 17.9 Å². The van der Waals surface area contributed by atoms with Crippen molar-refractivity contribution in [3.05, 3.63) is 53.9 Å². The van der Waals surface area contributed by atoms with Gasteiger partial charge in [-0.3, -0.25) is 4.79 Å². The number of benzene rings is 1. The first kappa shape index (κ1) is 16.4. The number of hydrogen-bond donors (Lipinski definition) is 0. The van der Waals surface area contributed by atoms with Gasteiger partial charge in [0.25, 0.3) is 0 Å². The average Bonchev–Trinajstić information content (AvgIpc) is 3.21. The van der Waals surface area contributed by atoms with Gasteiger partial charge in [0.05, 0.1) is 18.2 Å². The summed E-state index contributed by atoms with van der Waals surface area (Å²) in [6.45, 7) is 7.56. The fourth-order valence-electron chi connectivity index (χ4n) is 3.33.